The summed E-state index contributed by atoms with van der Waals surface area (Å²) in [4.78, 5) is 0.341. The van der Waals surface area contributed by atoms with E-state index in [2.05, 4.69) is 33.9 Å². The highest BCUT2D eigenvalue weighted by molar-refractivity contribution is 7.94. The van der Waals surface area contributed by atoms with Crippen molar-refractivity contribution in [3.63, 3.8) is 0 Å². The third-order valence-corrected chi connectivity index (χ3v) is 10.6. The monoisotopic (exact) mass is 338 g/mol. The van der Waals surface area contributed by atoms with Crippen LogP contribution in [0.15, 0.2) is 46.7 Å². The Kier molecular flexibility index (Phi) is 4.71. The molecule has 0 spiro atoms. The second-order valence-electron chi connectivity index (χ2n) is 7.50. The molecule has 0 unspecified atom stereocenters. The van der Waals surface area contributed by atoms with Gasteiger partial charge in [-0.25, -0.2) is 8.42 Å². The Labute approximate surface area is 135 Å². The molecule has 3 nitrogen and oxygen atoms in total. The lowest BCUT2D eigenvalue weighted by atomic mass is 10.2. The normalized spacial score (nSPS) is 23.0. The van der Waals surface area contributed by atoms with Crippen LogP contribution in [0.1, 0.15) is 27.2 Å². The van der Waals surface area contributed by atoms with Gasteiger partial charge in [0.1, 0.15) is 0 Å². The number of hydrogen-bond donors (Lipinski definition) is 0. The van der Waals surface area contributed by atoms with E-state index in [1.54, 1.807) is 30.3 Å². The van der Waals surface area contributed by atoms with Crippen LogP contribution >= 0.6 is 0 Å². The minimum Gasteiger partial charge on any atom is -0.413 e. The van der Waals surface area contributed by atoms with Crippen molar-refractivity contribution in [1.29, 1.82) is 0 Å². The molecule has 0 amide bonds. The zero-order chi connectivity index (χ0) is 16.6. The van der Waals surface area contributed by atoms with Crippen LogP contribution in [-0.4, -0.2) is 22.8 Å². The molecule has 0 bridgehead atoms. The smallest absolute Gasteiger partial charge is 0.199 e. The van der Waals surface area contributed by atoms with Crippen molar-refractivity contribution >= 4 is 18.2 Å². The Morgan fingerprint density at radius 1 is 1.18 bits per heavy atom. The number of benzene rings is 1. The Morgan fingerprint density at radius 3 is 2.32 bits per heavy atom. The summed E-state index contributed by atoms with van der Waals surface area (Å²) in [5.41, 5.74) is 0. The van der Waals surface area contributed by atoms with Crippen LogP contribution in [0.3, 0.4) is 0 Å². The summed E-state index contributed by atoms with van der Waals surface area (Å²) in [6.07, 6.45) is 2.90. The Hall–Kier alpha value is -0.913. The highest BCUT2D eigenvalue weighted by atomic mass is 32.2. The predicted molar refractivity (Wildman–Crippen MR) is 92.9 cm³/mol. The van der Waals surface area contributed by atoms with Crippen LogP contribution in [0.5, 0.6) is 0 Å². The van der Waals surface area contributed by atoms with Crippen LogP contribution in [0.25, 0.3) is 0 Å². The molecule has 0 heterocycles. The fourth-order valence-corrected chi connectivity index (χ4v) is 4.46. The lowest BCUT2D eigenvalue weighted by Gasteiger charge is -2.36. The molecule has 122 valence electrons. The molecule has 5 heteroatoms. The molecule has 0 aliphatic heterocycles. The molecule has 1 aromatic rings. The van der Waals surface area contributed by atoms with E-state index >= 15 is 0 Å². The van der Waals surface area contributed by atoms with E-state index in [4.69, 9.17) is 4.43 Å². The Balaban J connectivity index is 1.98. The molecule has 2 rings (SSSR count). The third-order valence-electron chi connectivity index (χ3n) is 4.61. The van der Waals surface area contributed by atoms with Crippen LogP contribution in [0.2, 0.25) is 18.1 Å². The van der Waals surface area contributed by atoms with Gasteiger partial charge in [-0.3, -0.25) is 0 Å². The van der Waals surface area contributed by atoms with E-state index in [1.165, 1.54) is 5.41 Å². The SMILES string of the molecule is CC(C)(C)[Si](C)(C)O[C@@H]1C[C@@H]1/C=C/S(=O)(=O)c1ccccc1. The summed E-state index contributed by atoms with van der Waals surface area (Å²) < 4.78 is 30.7. The summed E-state index contributed by atoms with van der Waals surface area (Å²) in [6, 6.07) is 8.53. The Bertz CT molecular complexity index is 642. The van der Waals surface area contributed by atoms with Crippen molar-refractivity contribution in [3.8, 4) is 0 Å². The highest BCUT2D eigenvalue weighted by Crippen LogP contribution is 2.44. The summed E-state index contributed by atoms with van der Waals surface area (Å²) in [5.74, 6) is 0.229. The van der Waals surface area contributed by atoms with Gasteiger partial charge in [0.25, 0.3) is 0 Å². The van der Waals surface area contributed by atoms with Crippen molar-refractivity contribution in [3.05, 3.63) is 41.8 Å². The predicted octanol–water partition coefficient (Wildman–Crippen LogP) is 4.38. The van der Waals surface area contributed by atoms with Gasteiger partial charge >= 0.3 is 0 Å². The first-order chi connectivity index (χ1) is 10.0. The summed E-state index contributed by atoms with van der Waals surface area (Å²) in [7, 11) is -5.11. The number of sulfone groups is 1. The van der Waals surface area contributed by atoms with E-state index in [0.717, 1.165) is 6.42 Å². The summed E-state index contributed by atoms with van der Waals surface area (Å²) in [6.45, 7) is 11.1. The van der Waals surface area contributed by atoms with Crippen molar-refractivity contribution in [1.82, 2.24) is 0 Å². The average Bonchev–Trinajstić information content (AvgIpc) is 3.14. The van der Waals surface area contributed by atoms with Gasteiger partial charge in [0.05, 0.1) is 11.0 Å². The van der Waals surface area contributed by atoms with Crippen LogP contribution in [0, 0.1) is 5.92 Å². The van der Waals surface area contributed by atoms with E-state index < -0.39 is 18.2 Å². The quantitative estimate of drug-likeness (QED) is 0.748. The lowest BCUT2D eigenvalue weighted by Crippen LogP contribution is -2.41. The molecule has 0 saturated heterocycles. The van der Waals surface area contributed by atoms with Gasteiger partial charge in [0.15, 0.2) is 18.2 Å². The molecule has 1 saturated carbocycles. The largest absolute Gasteiger partial charge is 0.413 e. The highest BCUT2D eigenvalue weighted by Gasteiger charge is 2.45. The van der Waals surface area contributed by atoms with Gasteiger partial charge in [-0.05, 0) is 36.7 Å². The van der Waals surface area contributed by atoms with E-state index in [1.807, 2.05) is 6.07 Å². The molecule has 2 atom stereocenters. The summed E-state index contributed by atoms with van der Waals surface area (Å²) >= 11 is 0. The molecule has 0 aromatic heterocycles. The van der Waals surface area contributed by atoms with Crippen LogP contribution in [0.4, 0.5) is 0 Å². The van der Waals surface area contributed by atoms with E-state index in [0.29, 0.717) is 4.90 Å². The molecule has 1 aliphatic carbocycles. The second-order valence-corrected chi connectivity index (χ2v) is 14.1. The van der Waals surface area contributed by atoms with Gasteiger partial charge in [0, 0.05) is 11.3 Å². The third kappa shape index (κ3) is 4.09. The molecular formula is C17H26O3SSi. The topological polar surface area (TPSA) is 43.4 Å². The lowest BCUT2D eigenvalue weighted by molar-refractivity contribution is 0.264. The van der Waals surface area contributed by atoms with Gasteiger partial charge in [-0.1, -0.05) is 45.0 Å². The zero-order valence-corrected chi connectivity index (χ0v) is 15.9. The first-order valence-corrected chi connectivity index (χ1v) is 12.1. The molecule has 1 fully saturated rings. The Morgan fingerprint density at radius 2 is 1.77 bits per heavy atom. The van der Waals surface area contributed by atoms with Gasteiger partial charge in [-0.15, -0.1) is 0 Å². The average molecular weight is 339 g/mol. The minimum atomic E-state index is -3.34. The molecule has 0 radical (unpaired) electrons. The second kappa shape index (κ2) is 5.94. The first-order valence-electron chi connectivity index (χ1n) is 7.69. The molecular weight excluding hydrogens is 312 g/mol. The number of hydrogen-bond acceptors (Lipinski definition) is 3. The van der Waals surface area contributed by atoms with Crippen molar-refractivity contribution in [2.45, 2.75) is 56.3 Å². The first kappa shape index (κ1) is 17.4. The standard InChI is InChI=1S/C17H26O3SSi/c1-17(2,3)22(4,5)20-16-13-14(16)11-12-21(18,19)15-9-7-6-8-10-15/h6-12,14,16H,13H2,1-5H3/b12-11+/t14-,16+/m0/s1. The fourth-order valence-electron chi connectivity index (χ4n) is 1.98. The van der Waals surface area contributed by atoms with Gasteiger partial charge in [0.2, 0.25) is 0 Å². The maximum Gasteiger partial charge on any atom is 0.199 e. The van der Waals surface area contributed by atoms with Gasteiger partial charge < -0.3 is 4.43 Å². The van der Waals surface area contributed by atoms with E-state index in [-0.39, 0.29) is 17.1 Å². The molecule has 22 heavy (non-hydrogen) atoms. The van der Waals surface area contributed by atoms with Crippen LogP contribution in [-0.2, 0) is 14.3 Å². The maximum absolute atomic E-state index is 12.2. The molecule has 0 N–H and O–H groups in total. The molecule has 1 aromatic carbocycles. The van der Waals surface area contributed by atoms with Crippen molar-refractivity contribution in [2.24, 2.45) is 5.92 Å². The van der Waals surface area contributed by atoms with Gasteiger partial charge in [-0.2, -0.15) is 0 Å². The minimum absolute atomic E-state index is 0.181. The van der Waals surface area contributed by atoms with E-state index in [9.17, 15) is 8.42 Å². The number of rotatable bonds is 5. The van der Waals surface area contributed by atoms with Crippen molar-refractivity contribution in [2.75, 3.05) is 0 Å². The van der Waals surface area contributed by atoms with Crippen molar-refractivity contribution < 1.29 is 12.8 Å². The zero-order valence-electron chi connectivity index (χ0n) is 14.0. The summed E-state index contributed by atoms with van der Waals surface area (Å²) in [5, 5.41) is 1.52. The molecule has 1 aliphatic rings. The maximum atomic E-state index is 12.2. The fraction of sp³-hybridized carbons (Fsp3) is 0.529. The van der Waals surface area contributed by atoms with Crippen LogP contribution < -0.4 is 0 Å².